The lowest BCUT2D eigenvalue weighted by Crippen LogP contribution is -2.39. The molecule has 1 aliphatic heterocycles. The molecule has 0 bridgehead atoms. The molecule has 1 fully saturated rings. The van der Waals surface area contributed by atoms with Gasteiger partial charge in [0.1, 0.15) is 12.4 Å². The Balaban J connectivity index is 1.43. The van der Waals surface area contributed by atoms with Gasteiger partial charge < -0.3 is 15.2 Å². The fourth-order valence-corrected chi connectivity index (χ4v) is 3.38. The average Bonchev–Trinajstić information content (AvgIpc) is 2.74. The van der Waals surface area contributed by atoms with Gasteiger partial charge in [-0.15, -0.1) is 0 Å². The van der Waals surface area contributed by atoms with Crippen LogP contribution in [0.15, 0.2) is 48.5 Å². The number of piperidine rings is 1. The molecule has 0 unspecified atom stereocenters. The van der Waals surface area contributed by atoms with E-state index in [9.17, 15) is 4.79 Å². The van der Waals surface area contributed by atoms with Gasteiger partial charge in [0.25, 0.3) is 0 Å². The summed E-state index contributed by atoms with van der Waals surface area (Å²) >= 11 is 0. The number of hydrogen-bond donors (Lipinski definition) is 1. The Labute approximate surface area is 167 Å². The number of carbonyl (C=O) groups excluding carboxylic acids is 1. The SMILES string of the molecule is COC(=O)CCc1ccc(OCc2ccc(CN3CCC(N)CC3)cc2)cc1. The fraction of sp³-hybridized carbons (Fsp3) is 0.435. The van der Waals surface area contributed by atoms with E-state index in [1.807, 2.05) is 24.3 Å². The Morgan fingerprint density at radius 3 is 2.25 bits per heavy atom. The number of ether oxygens (including phenoxy) is 2. The molecule has 0 amide bonds. The number of aryl methyl sites for hydroxylation is 1. The van der Waals surface area contributed by atoms with Crippen LogP contribution in [0.2, 0.25) is 0 Å². The standard InChI is InChI=1S/C23H30N2O3/c1-27-23(26)11-8-18-6-9-22(10-7-18)28-17-20-4-2-19(3-5-20)16-25-14-12-21(24)13-15-25/h2-7,9-10,21H,8,11-17,24H2,1H3. The van der Waals surface area contributed by atoms with Crippen LogP contribution >= 0.6 is 0 Å². The highest BCUT2D eigenvalue weighted by Crippen LogP contribution is 2.17. The molecule has 150 valence electrons. The topological polar surface area (TPSA) is 64.8 Å². The molecule has 28 heavy (non-hydrogen) atoms. The minimum Gasteiger partial charge on any atom is -0.489 e. The summed E-state index contributed by atoms with van der Waals surface area (Å²) in [6, 6.07) is 16.9. The van der Waals surface area contributed by atoms with Gasteiger partial charge >= 0.3 is 5.97 Å². The summed E-state index contributed by atoms with van der Waals surface area (Å²) in [6.07, 6.45) is 3.26. The number of nitrogens with zero attached hydrogens (tertiary/aromatic N) is 1. The number of likely N-dealkylation sites (tertiary alicyclic amines) is 1. The number of carbonyl (C=O) groups is 1. The lowest BCUT2D eigenvalue weighted by molar-refractivity contribution is -0.140. The van der Waals surface area contributed by atoms with E-state index in [-0.39, 0.29) is 5.97 Å². The van der Waals surface area contributed by atoms with Crippen LogP contribution in [-0.2, 0) is 29.1 Å². The summed E-state index contributed by atoms with van der Waals surface area (Å²) in [7, 11) is 1.41. The van der Waals surface area contributed by atoms with Crippen molar-refractivity contribution in [2.24, 2.45) is 5.73 Å². The van der Waals surface area contributed by atoms with Crippen LogP contribution in [0.25, 0.3) is 0 Å². The molecule has 5 nitrogen and oxygen atoms in total. The van der Waals surface area contributed by atoms with Crippen molar-refractivity contribution in [3.63, 3.8) is 0 Å². The number of esters is 1. The van der Waals surface area contributed by atoms with Gasteiger partial charge in [-0.2, -0.15) is 0 Å². The molecule has 2 aromatic rings. The summed E-state index contributed by atoms with van der Waals surface area (Å²) in [5.41, 5.74) is 9.55. The first-order valence-corrected chi connectivity index (χ1v) is 9.96. The molecule has 1 heterocycles. The second kappa shape index (κ2) is 10.2. The van der Waals surface area contributed by atoms with E-state index in [1.165, 1.54) is 12.7 Å². The molecule has 2 aromatic carbocycles. The number of hydrogen-bond acceptors (Lipinski definition) is 5. The molecule has 0 aromatic heterocycles. The Kier molecular flexibility index (Phi) is 7.46. The molecule has 3 rings (SSSR count). The van der Waals surface area contributed by atoms with E-state index in [1.54, 1.807) is 0 Å². The lowest BCUT2D eigenvalue weighted by atomic mass is 10.0. The highest BCUT2D eigenvalue weighted by Gasteiger charge is 2.15. The van der Waals surface area contributed by atoms with Crippen LogP contribution < -0.4 is 10.5 Å². The minimum atomic E-state index is -0.187. The van der Waals surface area contributed by atoms with Gasteiger partial charge in [-0.1, -0.05) is 36.4 Å². The smallest absolute Gasteiger partial charge is 0.305 e. The molecular formula is C23H30N2O3. The van der Waals surface area contributed by atoms with Crippen LogP contribution in [0.5, 0.6) is 5.75 Å². The predicted octanol–water partition coefficient (Wildman–Crippen LogP) is 3.29. The summed E-state index contributed by atoms with van der Waals surface area (Å²) in [6.45, 7) is 3.70. The maximum atomic E-state index is 11.2. The zero-order valence-corrected chi connectivity index (χ0v) is 16.6. The predicted molar refractivity (Wildman–Crippen MR) is 110 cm³/mol. The molecule has 0 atom stereocenters. The molecule has 0 aliphatic carbocycles. The van der Waals surface area contributed by atoms with Crippen molar-refractivity contribution in [2.75, 3.05) is 20.2 Å². The molecule has 1 saturated heterocycles. The van der Waals surface area contributed by atoms with Crippen molar-refractivity contribution < 1.29 is 14.3 Å². The Bertz CT molecular complexity index is 735. The van der Waals surface area contributed by atoms with Crippen LogP contribution in [0.4, 0.5) is 0 Å². The van der Waals surface area contributed by atoms with Gasteiger partial charge in [0.2, 0.25) is 0 Å². The molecule has 1 aliphatic rings. The Morgan fingerprint density at radius 2 is 1.61 bits per heavy atom. The maximum Gasteiger partial charge on any atom is 0.305 e. The Morgan fingerprint density at radius 1 is 1.00 bits per heavy atom. The zero-order valence-electron chi connectivity index (χ0n) is 16.6. The number of rotatable bonds is 8. The van der Waals surface area contributed by atoms with Crippen LogP contribution in [0.1, 0.15) is 36.0 Å². The van der Waals surface area contributed by atoms with Crippen molar-refractivity contribution >= 4 is 5.97 Å². The molecule has 5 heteroatoms. The lowest BCUT2D eigenvalue weighted by Gasteiger charge is -2.30. The van der Waals surface area contributed by atoms with Crippen molar-refractivity contribution in [1.29, 1.82) is 0 Å². The normalized spacial score (nSPS) is 15.4. The van der Waals surface area contributed by atoms with E-state index in [0.717, 1.165) is 49.4 Å². The summed E-state index contributed by atoms with van der Waals surface area (Å²) in [5.74, 6) is 0.642. The summed E-state index contributed by atoms with van der Waals surface area (Å²) in [4.78, 5) is 13.7. The third-order valence-electron chi connectivity index (χ3n) is 5.24. The summed E-state index contributed by atoms with van der Waals surface area (Å²) in [5, 5.41) is 0. The highest BCUT2D eigenvalue weighted by atomic mass is 16.5. The molecule has 2 N–H and O–H groups in total. The van der Waals surface area contributed by atoms with Gasteiger partial charge in [-0.3, -0.25) is 9.69 Å². The quantitative estimate of drug-likeness (QED) is 0.710. The summed E-state index contributed by atoms with van der Waals surface area (Å²) < 4.78 is 10.5. The first-order valence-electron chi connectivity index (χ1n) is 9.96. The highest BCUT2D eigenvalue weighted by molar-refractivity contribution is 5.69. The number of benzene rings is 2. The minimum absolute atomic E-state index is 0.187. The van der Waals surface area contributed by atoms with Crippen molar-refractivity contribution in [3.8, 4) is 5.75 Å². The van der Waals surface area contributed by atoms with Gasteiger partial charge in [0.05, 0.1) is 7.11 Å². The molecule has 0 saturated carbocycles. The van der Waals surface area contributed by atoms with E-state index >= 15 is 0 Å². The third kappa shape index (κ3) is 6.36. The van der Waals surface area contributed by atoms with E-state index in [4.69, 9.17) is 10.5 Å². The Hall–Kier alpha value is -2.37. The van der Waals surface area contributed by atoms with E-state index < -0.39 is 0 Å². The fourth-order valence-electron chi connectivity index (χ4n) is 3.38. The maximum absolute atomic E-state index is 11.2. The van der Waals surface area contributed by atoms with Gasteiger partial charge in [0.15, 0.2) is 0 Å². The number of nitrogens with two attached hydrogens (primary N) is 1. The monoisotopic (exact) mass is 382 g/mol. The van der Waals surface area contributed by atoms with Gasteiger partial charge in [-0.25, -0.2) is 0 Å². The van der Waals surface area contributed by atoms with Crippen LogP contribution in [0, 0.1) is 0 Å². The van der Waals surface area contributed by atoms with E-state index in [0.29, 0.717) is 25.5 Å². The first kappa shape index (κ1) is 20.4. The second-order valence-electron chi connectivity index (χ2n) is 7.44. The second-order valence-corrected chi connectivity index (χ2v) is 7.44. The van der Waals surface area contributed by atoms with Crippen molar-refractivity contribution in [3.05, 3.63) is 65.2 Å². The van der Waals surface area contributed by atoms with Crippen molar-refractivity contribution in [2.45, 2.75) is 44.9 Å². The van der Waals surface area contributed by atoms with Gasteiger partial charge in [-0.05, 0) is 61.2 Å². The molecular weight excluding hydrogens is 352 g/mol. The van der Waals surface area contributed by atoms with Crippen LogP contribution in [-0.4, -0.2) is 37.1 Å². The third-order valence-corrected chi connectivity index (χ3v) is 5.24. The molecule has 0 spiro atoms. The largest absolute Gasteiger partial charge is 0.489 e. The number of methoxy groups -OCH3 is 1. The molecule has 0 radical (unpaired) electrons. The van der Waals surface area contributed by atoms with Crippen LogP contribution in [0.3, 0.4) is 0 Å². The zero-order chi connectivity index (χ0) is 19.8. The average molecular weight is 383 g/mol. The van der Waals surface area contributed by atoms with E-state index in [2.05, 4.69) is 33.9 Å². The van der Waals surface area contributed by atoms with Crippen molar-refractivity contribution in [1.82, 2.24) is 4.90 Å². The first-order chi connectivity index (χ1) is 13.6. The van der Waals surface area contributed by atoms with Gasteiger partial charge in [0, 0.05) is 19.0 Å².